The van der Waals surface area contributed by atoms with Crippen molar-refractivity contribution in [2.75, 3.05) is 6.61 Å². The Balaban J connectivity index is 2.41. The average molecular weight is 211 g/mol. The van der Waals surface area contributed by atoms with Gasteiger partial charge in [0.15, 0.2) is 5.75 Å². The van der Waals surface area contributed by atoms with Crippen molar-refractivity contribution in [1.29, 1.82) is 5.26 Å². The number of nitriles is 1. The van der Waals surface area contributed by atoms with Gasteiger partial charge in [0.25, 0.3) is 0 Å². The topological polar surface area (TPSA) is 46.2 Å². The van der Waals surface area contributed by atoms with Crippen LogP contribution in [0.15, 0.2) is 28.7 Å². The van der Waals surface area contributed by atoms with Crippen molar-refractivity contribution < 1.29 is 9.15 Å². The number of ether oxygens (including phenoxy) is 1. The standard InChI is InChI=1S/C13H9NO2/c1-2-3-8-15-13-10-6-4-5-7-11(10)16-12(13)9-14/h1,4-7H,3,8H2. The molecule has 0 fully saturated rings. The number of benzene rings is 1. The van der Waals surface area contributed by atoms with E-state index in [2.05, 4.69) is 5.92 Å². The third-order valence-electron chi connectivity index (χ3n) is 2.14. The van der Waals surface area contributed by atoms with Gasteiger partial charge in [-0.1, -0.05) is 12.1 Å². The molecule has 1 aromatic carbocycles. The van der Waals surface area contributed by atoms with Crippen molar-refractivity contribution in [3.63, 3.8) is 0 Å². The van der Waals surface area contributed by atoms with Crippen molar-refractivity contribution >= 4 is 11.0 Å². The number of furan rings is 1. The van der Waals surface area contributed by atoms with E-state index < -0.39 is 0 Å². The molecule has 0 saturated carbocycles. The van der Waals surface area contributed by atoms with Crippen LogP contribution in [0.5, 0.6) is 5.75 Å². The number of nitrogens with zero attached hydrogens (tertiary/aromatic N) is 1. The van der Waals surface area contributed by atoms with Crippen molar-refractivity contribution in [3.05, 3.63) is 30.0 Å². The highest BCUT2D eigenvalue weighted by atomic mass is 16.5. The van der Waals surface area contributed by atoms with E-state index in [1.165, 1.54) is 0 Å². The molecule has 2 rings (SSSR count). The minimum atomic E-state index is 0.193. The molecule has 0 atom stereocenters. The summed E-state index contributed by atoms with van der Waals surface area (Å²) >= 11 is 0. The van der Waals surface area contributed by atoms with Crippen LogP contribution in [0.4, 0.5) is 0 Å². The molecule has 0 unspecified atom stereocenters. The minimum absolute atomic E-state index is 0.193. The fourth-order valence-corrected chi connectivity index (χ4v) is 1.45. The highest BCUT2D eigenvalue weighted by molar-refractivity contribution is 5.86. The highest BCUT2D eigenvalue weighted by Gasteiger charge is 2.14. The summed E-state index contributed by atoms with van der Waals surface area (Å²) in [5.41, 5.74) is 0.648. The summed E-state index contributed by atoms with van der Waals surface area (Å²) in [6, 6.07) is 9.33. The molecule has 0 aliphatic rings. The lowest BCUT2D eigenvalue weighted by Crippen LogP contribution is -1.96. The summed E-state index contributed by atoms with van der Waals surface area (Å²) in [6.45, 7) is 0.384. The van der Waals surface area contributed by atoms with E-state index in [1.807, 2.05) is 24.3 Å². The third-order valence-corrected chi connectivity index (χ3v) is 2.14. The Morgan fingerprint density at radius 1 is 1.38 bits per heavy atom. The number of terminal acetylenes is 1. The quantitative estimate of drug-likeness (QED) is 0.579. The fourth-order valence-electron chi connectivity index (χ4n) is 1.45. The first kappa shape index (κ1) is 10.1. The van der Waals surface area contributed by atoms with Crippen LogP contribution in [0.2, 0.25) is 0 Å². The van der Waals surface area contributed by atoms with E-state index in [9.17, 15) is 0 Å². The van der Waals surface area contributed by atoms with Gasteiger partial charge < -0.3 is 9.15 Å². The molecule has 2 aromatic rings. The van der Waals surface area contributed by atoms with Gasteiger partial charge in [-0.25, -0.2) is 0 Å². The summed E-state index contributed by atoms with van der Waals surface area (Å²) in [5, 5.41) is 9.71. The van der Waals surface area contributed by atoms with Crippen LogP contribution in [0.1, 0.15) is 12.2 Å². The van der Waals surface area contributed by atoms with E-state index in [0.717, 1.165) is 5.39 Å². The van der Waals surface area contributed by atoms with Gasteiger partial charge in [0, 0.05) is 6.42 Å². The predicted octanol–water partition coefficient (Wildman–Crippen LogP) is 2.71. The van der Waals surface area contributed by atoms with E-state index in [-0.39, 0.29) is 5.76 Å². The second kappa shape index (κ2) is 4.42. The Bertz CT molecular complexity index is 584. The van der Waals surface area contributed by atoms with Gasteiger partial charge in [-0.15, -0.1) is 12.3 Å². The predicted molar refractivity (Wildman–Crippen MR) is 59.9 cm³/mol. The highest BCUT2D eigenvalue weighted by Crippen LogP contribution is 2.32. The molecule has 1 heterocycles. The van der Waals surface area contributed by atoms with Gasteiger partial charge in [0.2, 0.25) is 5.76 Å². The number of para-hydroxylation sites is 1. The molecular weight excluding hydrogens is 202 g/mol. The molecule has 0 spiro atoms. The molecule has 0 aliphatic heterocycles. The molecule has 0 aliphatic carbocycles. The fraction of sp³-hybridized carbons (Fsp3) is 0.154. The Hall–Kier alpha value is -2.39. The van der Waals surface area contributed by atoms with Crippen molar-refractivity contribution in [3.8, 4) is 24.2 Å². The Morgan fingerprint density at radius 2 is 2.19 bits per heavy atom. The van der Waals surface area contributed by atoms with Crippen LogP contribution in [0.3, 0.4) is 0 Å². The summed E-state index contributed by atoms with van der Waals surface area (Å²) < 4.78 is 10.8. The van der Waals surface area contributed by atoms with Gasteiger partial charge in [-0.3, -0.25) is 0 Å². The van der Waals surface area contributed by atoms with Crippen LogP contribution >= 0.6 is 0 Å². The van der Waals surface area contributed by atoms with Gasteiger partial charge in [0.1, 0.15) is 11.7 Å². The van der Waals surface area contributed by atoms with Crippen LogP contribution in [-0.2, 0) is 0 Å². The Morgan fingerprint density at radius 3 is 2.94 bits per heavy atom. The van der Waals surface area contributed by atoms with E-state index in [1.54, 1.807) is 6.07 Å². The first-order chi connectivity index (χ1) is 7.86. The Labute approximate surface area is 93.2 Å². The van der Waals surface area contributed by atoms with Gasteiger partial charge in [-0.05, 0) is 12.1 Å². The first-order valence-electron chi connectivity index (χ1n) is 4.84. The normalized spacial score (nSPS) is 9.62. The van der Waals surface area contributed by atoms with Crippen LogP contribution < -0.4 is 4.74 Å². The zero-order valence-corrected chi connectivity index (χ0v) is 8.56. The van der Waals surface area contributed by atoms with Crippen molar-refractivity contribution in [2.45, 2.75) is 6.42 Å². The Kier molecular flexibility index (Phi) is 2.80. The maximum Gasteiger partial charge on any atom is 0.246 e. The van der Waals surface area contributed by atoms with Gasteiger partial charge >= 0.3 is 0 Å². The molecule has 3 heteroatoms. The molecule has 3 nitrogen and oxygen atoms in total. The van der Waals surface area contributed by atoms with Crippen molar-refractivity contribution in [2.24, 2.45) is 0 Å². The van der Waals surface area contributed by atoms with Crippen LogP contribution in [0, 0.1) is 23.7 Å². The molecule has 1 aromatic heterocycles. The maximum absolute atomic E-state index is 8.91. The third kappa shape index (κ3) is 1.71. The zero-order chi connectivity index (χ0) is 11.4. The lowest BCUT2D eigenvalue weighted by Gasteiger charge is -2.00. The number of fused-ring (bicyclic) bond motifs is 1. The molecule has 0 saturated heterocycles. The number of rotatable bonds is 3. The second-order valence-corrected chi connectivity index (χ2v) is 3.17. The number of hydrogen-bond acceptors (Lipinski definition) is 3. The van der Waals surface area contributed by atoms with E-state index in [4.69, 9.17) is 20.8 Å². The summed E-state index contributed by atoms with van der Waals surface area (Å²) in [7, 11) is 0. The van der Waals surface area contributed by atoms with Crippen LogP contribution in [-0.4, -0.2) is 6.61 Å². The molecule has 0 bridgehead atoms. The summed E-state index contributed by atoms with van der Waals surface area (Å²) in [6.07, 6.45) is 5.64. The molecular formula is C13H9NO2. The molecule has 0 radical (unpaired) electrons. The average Bonchev–Trinajstić information content (AvgIpc) is 2.68. The first-order valence-corrected chi connectivity index (χ1v) is 4.84. The molecule has 0 N–H and O–H groups in total. The smallest absolute Gasteiger partial charge is 0.246 e. The van der Waals surface area contributed by atoms with E-state index in [0.29, 0.717) is 24.4 Å². The number of hydrogen-bond donors (Lipinski definition) is 0. The summed E-state index contributed by atoms with van der Waals surface area (Å²) in [5.74, 6) is 3.15. The molecule has 78 valence electrons. The lowest BCUT2D eigenvalue weighted by atomic mass is 10.2. The summed E-state index contributed by atoms with van der Waals surface area (Å²) in [4.78, 5) is 0. The second-order valence-electron chi connectivity index (χ2n) is 3.17. The van der Waals surface area contributed by atoms with Gasteiger partial charge in [0.05, 0.1) is 12.0 Å². The monoisotopic (exact) mass is 211 g/mol. The molecule has 0 amide bonds. The largest absolute Gasteiger partial charge is 0.487 e. The maximum atomic E-state index is 8.91. The minimum Gasteiger partial charge on any atom is -0.487 e. The van der Waals surface area contributed by atoms with Crippen molar-refractivity contribution in [1.82, 2.24) is 0 Å². The SMILES string of the molecule is C#CCCOc1c(C#N)oc2ccccc12. The lowest BCUT2D eigenvalue weighted by molar-refractivity contribution is 0.324. The van der Waals surface area contributed by atoms with E-state index >= 15 is 0 Å². The van der Waals surface area contributed by atoms with Crippen LogP contribution in [0.25, 0.3) is 11.0 Å². The zero-order valence-electron chi connectivity index (χ0n) is 8.56. The van der Waals surface area contributed by atoms with Gasteiger partial charge in [-0.2, -0.15) is 5.26 Å². The molecule has 16 heavy (non-hydrogen) atoms.